The Hall–Kier alpha value is -2.66. The molecule has 1 amide bonds. The van der Waals surface area contributed by atoms with Gasteiger partial charge in [-0.25, -0.2) is 0 Å². The molecule has 0 aliphatic rings. The fourth-order valence-corrected chi connectivity index (χ4v) is 2.22. The van der Waals surface area contributed by atoms with Gasteiger partial charge in [0.2, 0.25) is 0 Å². The van der Waals surface area contributed by atoms with Crippen LogP contribution in [0.3, 0.4) is 0 Å². The zero-order chi connectivity index (χ0) is 20.2. The summed E-state index contributed by atoms with van der Waals surface area (Å²) < 4.78 is 76.8. The van der Waals surface area contributed by atoms with Gasteiger partial charge in [-0.3, -0.25) is 4.79 Å². The minimum Gasteiger partial charge on any atom is -0.341 e. The van der Waals surface area contributed by atoms with Gasteiger partial charge in [-0.05, 0) is 36.4 Å². The van der Waals surface area contributed by atoms with Crippen LogP contribution < -0.4 is 5.32 Å². The molecule has 0 saturated carbocycles. The van der Waals surface area contributed by atoms with Crippen molar-refractivity contribution in [1.29, 1.82) is 0 Å². The van der Waals surface area contributed by atoms with Crippen molar-refractivity contribution < 1.29 is 31.1 Å². The smallest absolute Gasteiger partial charge is 0.341 e. The second kappa shape index (κ2) is 7.92. The first-order valence-electron chi connectivity index (χ1n) is 7.29. The Balaban J connectivity index is 2.18. The average molecular weight is 406 g/mol. The number of nitrogens with one attached hydrogen (secondary N) is 1. The van der Waals surface area contributed by atoms with Crippen LogP contribution in [0.15, 0.2) is 42.5 Å². The van der Waals surface area contributed by atoms with Crippen LogP contribution in [0, 0.1) is 11.8 Å². The number of halogens is 7. The molecule has 9 heteroatoms. The third-order valence-electron chi connectivity index (χ3n) is 3.24. The van der Waals surface area contributed by atoms with Crippen molar-refractivity contribution >= 4 is 17.5 Å². The topological polar surface area (TPSA) is 29.1 Å². The van der Waals surface area contributed by atoms with Crippen LogP contribution in [0.2, 0.25) is 5.02 Å². The van der Waals surface area contributed by atoms with Gasteiger partial charge in [0.25, 0.3) is 5.91 Å². The summed E-state index contributed by atoms with van der Waals surface area (Å²) in [6.07, 6.45) is -10.1. The number of carbonyl (C=O) groups excluding carboxylic acids is 1. The molecule has 0 aliphatic heterocycles. The zero-order valence-corrected chi connectivity index (χ0v) is 14.1. The molecule has 27 heavy (non-hydrogen) atoms. The highest BCUT2D eigenvalue weighted by atomic mass is 35.5. The van der Waals surface area contributed by atoms with E-state index in [2.05, 4.69) is 17.2 Å². The van der Waals surface area contributed by atoms with Crippen LogP contribution in [0.4, 0.5) is 26.3 Å². The van der Waals surface area contributed by atoms with E-state index in [1.807, 2.05) is 0 Å². The normalized spacial score (nSPS) is 11.5. The van der Waals surface area contributed by atoms with Gasteiger partial charge in [-0.2, -0.15) is 26.3 Å². The Bertz CT molecular complexity index is 876. The minimum atomic E-state index is -5.03. The fraction of sp³-hybridized carbons (Fsp3) is 0.167. The first-order valence-corrected chi connectivity index (χ1v) is 7.67. The summed E-state index contributed by atoms with van der Waals surface area (Å²) in [6, 6.07) is 7.13. The SMILES string of the molecule is O=C(NCC#Cc1cccc(Cl)c1)c1cc(C(F)(F)F)cc(C(F)(F)F)c1. The maximum absolute atomic E-state index is 12.8. The summed E-state index contributed by atoms with van der Waals surface area (Å²) in [5, 5.41) is 2.60. The van der Waals surface area contributed by atoms with Crippen molar-refractivity contribution in [2.24, 2.45) is 0 Å². The Morgan fingerprint density at radius 3 is 2.07 bits per heavy atom. The van der Waals surface area contributed by atoms with Gasteiger partial charge >= 0.3 is 12.4 Å². The summed E-state index contributed by atoms with van der Waals surface area (Å²) in [5.74, 6) is 4.08. The molecule has 0 heterocycles. The maximum Gasteiger partial charge on any atom is 0.416 e. The number of hydrogen-bond donors (Lipinski definition) is 1. The van der Waals surface area contributed by atoms with Crippen molar-refractivity contribution in [1.82, 2.24) is 5.32 Å². The molecular formula is C18H10ClF6NO. The second-order valence-corrected chi connectivity index (χ2v) is 5.73. The van der Waals surface area contributed by atoms with Crippen LogP contribution >= 0.6 is 11.6 Å². The Morgan fingerprint density at radius 2 is 1.56 bits per heavy atom. The first-order chi connectivity index (χ1) is 12.5. The number of alkyl halides is 6. The maximum atomic E-state index is 12.8. The quantitative estimate of drug-likeness (QED) is 0.543. The monoisotopic (exact) mass is 405 g/mol. The van der Waals surface area contributed by atoms with Crippen LogP contribution in [-0.2, 0) is 12.4 Å². The molecule has 0 aliphatic carbocycles. The van der Waals surface area contributed by atoms with Gasteiger partial charge in [0, 0.05) is 16.1 Å². The third kappa shape index (κ3) is 5.93. The van der Waals surface area contributed by atoms with E-state index in [1.165, 1.54) is 0 Å². The lowest BCUT2D eigenvalue weighted by molar-refractivity contribution is -0.143. The van der Waals surface area contributed by atoms with Gasteiger partial charge in [-0.15, -0.1) is 0 Å². The average Bonchev–Trinajstić information content (AvgIpc) is 2.56. The van der Waals surface area contributed by atoms with E-state index in [-0.39, 0.29) is 12.6 Å². The van der Waals surface area contributed by atoms with E-state index in [1.54, 1.807) is 24.3 Å². The first kappa shape index (κ1) is 20.6. The van der Waals surface area contributed by atoms with Gasteiger partial charge in [0.15, 0.2) is 0 Å². The molecule has 2 aromatic rings. The Labute approximate surface area is 155 Å². The molecule has 0 saturated heterocycles. The predicted molar refractivity (Wildman–Crippen MR) is 87.1 cm³/mol. The summed E-state index contributed by atoms with van der Waals surface area (Å²) in [7, 11) is 0. The highest BCUT2D eigenvalue weighted by Gasteiger charge is 2.37. The molecule has 0 radical (unpaired) electrons. The number of rotatable bonds is 2. The molecule has 0 spiro atoms. The molecule has 142 valence electrons. The van der Waals surface area contributed by atoms with Crippen molar-refractivity contribution in [3.8, 4) is 11.8 Å². The molecule has 2 aromatic carbocycles. The number of carbonyl (C=O) groups is 1. The number of hydrogen-bond acceptors (Lipinski definition) is 1. The van der Waals surface area contributed by atoms with E-state index in [0.29, 0.717) is 22.7 Å². The molecule has 0 fully saturated rings. The van der Waals surface area contributed by atoms with E-state index in [0.717, 1.165) is 0 Å². The van der Waals surface area contributed by atoms with Gasteiger partial charge in [-0.1, -0.05) is 29.5 Å². The van der Waals surface area contributed by atoms with E-state index in [4.69, 9.17) is 11.6 Å². The minimum absolute atomic E-state index is 0.0459. The molecule has 1 N–H and O–H groups in total. The molecule has 2 rings (SSSR count). The largest absolute Gasteiger partial charge is 0.416 e. The van der Waals surface area contributed by atoms with Crippen molar-refractivity contribution in [2.45, 2.75) is 12.4 Å². The van der Waals surface area contributed by atoms with Gasteiger partial charge < -0.3 is 5.32 Å². The molecular weight excluding hydrogens is 396 g/mol. The Morgan fingerprint density at radius 1 is 0.963 bits per heavy atom. The summed E-state index contributed by atoms with van der Waals surface area (Å²) in [6.45, 7) is -0.275. The molecule has 0 bridgehead atoms. The van der Waals surface area contributed by atoms with E-state index in [9.17, 15) is 31.1 Å². The van der Waals surface area contributed by atoms with E-state index >= 15 is 0 Å². The predicted octanol–water partition coefficient (Wildman–Crippen LogP) is 5.16. The highest BCUT2D eigenvalue weighted by molar-refractivity contribution is 6.30. The van der Waals surface area contributed by atoms with Crippen molar-refractivity contribution in [2.75, 3.05) is 6.54 Å². The van der Waals surface area contributed by atoms with Crippen LogP contribution in [0.25, 0.3) is 0 Å². The van der Waals surface area contributed by atoms with Crippen molar-refractivity contribution in [3.05, 3.63) is 69.7 Å². The Kier molecular flexibility index (Phi) is 6.06. The van der Waals surface area contributed by atoms with E-state index < -0.39 is 35.0 Å². The number of benzene rings is 2. The molecule has 0 atom stereocenters. The lowest BCUT2D eigenvalue weighted by Gasteiger charge is -2.13. The standard InChI is InChI=1S/C18H10ClF6NO/c19-15-5-1-3-11(7-15)4-2-6-26-16(27)12-8-13(17(20,21)22)10-14(9-12)18(23,24)25/h1,3,5,7-10H,6H2,(H,26,27). The summed E-state index contributed by atoms with van der Waals surface area (Å²) in [5.41, 5.74) is -3.35. The van der Waals surface area contributed by atoms with Gasteiger partial charge in [0.05, 0.1) is 17.7 Å². The van der Waals surface area contributed by atoms with Crippen LogP contribution in [-0.4, -0.2) is 12.5 Å². The van der Waals surface area contributed by atoms with Crippen LogP contribution in [0.1, 0.15) is 27.0 Å². The van der Waals surface area contributed by atoms with Gasteiger partial charge in [0.1, 0.15) is 0 Å². The third-order valence-corrected chi connectivity index (χ3v) is 3.48. The highest BCUT2D eigenvalue weighted by Crippen LogP contribution is 2.36. The zero-order valence-electron chi connectivity index (χ0n) is 13.3. The lowest BCUT2D eigenvalue weighted by Crippen LogP contribution is -2.25. The molecule has 0 aromatic heterocycles. The summed E-state index contributed by atoms with van der Waals surface area (Å²) >= 11 is 5.77. The number of amides is 1. The van der Waals surface area contributed by atoms with Crippen LogP contribution in [0.5, 0.6) is 0 Å². The lowest BCUT2D eigenvalue weighted by atomic mass is 10.0. The fourth-order valence-electron chi connectivity index (χ4n) is 2.03. The van der Waals surface area contributed by atoms with Crippen molar-refractivity contribution in [3.63, 3.8) is 0 Å². The molecule has 0 unspecified atom stereocenters. The second-order valence-electron chi connectivity index (χ2n) is 5.29. The molecule has 2 nitrogen and oxygen atoms in total. The summed E-state index contributed by atoms with van der Waals surface area (Å²) in [4.78, 5) is 11.9.